The van der Waals surface area contributed by atoms with Crippen molar-refractivity contribution in [2.75, 3.05) is 18.4 Å². The van der Waals surface area contributed by atoms with Gasteiger partial charge in [-0.2, -0.15) is 0 Å². The number of unbranched alkanes of at least 4 members (excludes halogenated alkanes) is 2. The number of aliphatic hydroxyl groups excluding tert-OH is 4. The quantitative estimate of drug-likeness (QED) is 0.0654. The maximum absolute atomic E-state index is 13.1. The highest BCUT2D eigenvalue weighted by atomic mass is 16.3. The number of nitrogens with one attached hydrogen (secondary N) is 4. The maximum Gasteiger partial charge on any atom is 0.312 e. The van der Waals surface area contributed by atoms with E-state index >= 15 is 0 Å². The molecule has 2 rings (SSSR count). The molecule has 0 bridgehead atoms. The predicted molar refractivity (Wildman–Crippen MR) is 154 cm³/mol. The van der Waals surface area contributed by atoms with Crippen LogP contribution in [0.5, 0.6) is 0 Å². The minimum absolute atomic E-state index is 0.121. The normalized spacial score (nSPS) is 19.1. The van der Waals surface area contributed by atoms with Gasteiger partial charge in [0.15, 0.2) is 0 Å². The summed E-state index contributed by atoms with van der Waals surface area (Å²) in [5, 5.41) is 51.0. The molecular formula is C28H46N6O7. The molecule has 41 heavy (non-hydrogen) atoms. The lowest BCUT2D eigenvalue weighted by molar-refractivity contribution is -0.124. The molecule has 0 radical (unpaired) electrons. The SMILES string of the molecule is CC(C)[C@H](NC(=O)CCCCCN1C(O)C=CC1O)[C@H](O)N[C@@H](CCCNC(N)=O)C(=O)Nc1ccc(CO)cc1. The average molecular weight is 579 g/mol. The van der Waals surface area contributed by atoms with Gasteiger partial charge in [0, 0.05) is 25.2 Å². The van der Waals surface area contributed by atoms with Gasteiger partial charge in [-0.15, -0.1) is 0 Å². The van der Waals surface area contributed by atoms with Crippen LogP contribution >= 0.6 is 0 Å². The van der Waals surface area contributed by atoms with Gasteiger partial charge in [0.05, 0.1) is 18.7 Å². The lowest BCUT2D eigenvalue weighted by Gasteiger charge is -2.31. The fraction of sp³-hybridized carbons (Fsp3) is 0.607. The first-order chi connectivity index (χ1) is 19.5. The second-order valence-electron chi connectivity index (χ2n) is 10.5. The Bertz CT molecular complexity index is 979. The third-order valence-electron chi connectivity index (χ3n) is 6.90. The minimum Gasteiger partial charge on any atom is -0.392 e. The number of benzene rings is 1. The number of anilines is 1. The molecule has 0 spiro atoms. The number of urea groups is 1. The molecule has 0 saturated heterocycles. The van der Waals surface area contributed by atoms with Crippen LogP contribution in [-0.2, 0) is 16.2 Å². The molecule has 2 unspecified atom stereocenters. The summed E-state index contributed by atoms with van der Waals surface area (Å²) in [7, 11) is 0. The summed E-state index contributed by atoms with van der Waals surface area (Å²) in [6.07, 6.45) is 3.17. The Kier molecular flexibility index (Phi) is 14.7. The standard InChI is InChI=1S/C28H46N6O7/c1-18(2)25(33-22(36)8-4-3-5-16-34-23(37)13-14-24(34)38)27(40)32-21(7-6-15-30-28(29)41)26(39)31-20-11-9-19(17-35)10-12-20/h9-14,18,21,23-25,27,32,35,37-38,40H,3-8,15-17H2,1-2H3,(H,31,39)(H,33,36)(H3,29,30,41)/t21-,23?,24?,25-,27-/m0/s1. The Morgan fingerprint density at radius 1 is 1.00 bits per heavy atom. The summed E-state index contributed by atoms with van der Waals surface area (Å²) in [6, 6.07) is 4.50. The van der Waals surface area contributed by atoms with Gasteiger partial charge >= 0.3 is 6.03 Å². The van der Waals surface area contributed by atoms with Gasteiger partial charge in [0.2, 0.25) is 11.8 Å². The number of nitrogens with two attached hydrogens (primary N) is 1. The topological polar surface area (TPSA) is 210 Å². The monoisotopic (exact) mass is 578 g/mol. The van der Waals surface area contributed by atoms with Crippen LogP contribution in [0.1, 0.15) is 57.9 Å². The van der Waals surface area contributed by atoms with Crippen molar-refractivity contribution < 1.29 is 34.8 Å². The highest BCUT2D eigenvalue weighted by Gasteiger charge is 2.29. The first-order valence-corrected chi connectivity index (χ1v) is 14.1. The van der Waals surface area contributed by atoms with Crippen LogP contribution in [-0.4, -0.2) is 87.0 Å². The molecule has 0 saturated carbocycles. The van der Waals surface area contributed by atoms with Gasteiger partial charge < -0.3 is 42.1 Å². The van der Waals surface area contributed by atoms with Crippen molar-refractivity contribution in [2.24, 2.45) is 11.7 Å². The fourth-order valence-corrected chi connectivity index (χ4v) is 4.51. The van der Waals surface area contributed by atoms with Gasteiger partial charge in [-0.3, -0.25) is 14.9 Å². The second-order valence-corrected chi connectivity index (χ2v) is 10.5. The number of carbonyl (C=O) groups is 3. The number of rotatable bonds is 18. The summed E-state index contributed by atoms with van der Waals surface area (Å²) in [6.45, 7) is 4.33. The Morgan fingerprint density at radius 3 is 2.24 bits per heavy atom. The second kappa shape index (κ2) is 17.7. The van der Waals surface area contributed by atoms with Crippen LogP contribution in [0.4, 0.5) is 10.5 Å². The fourth-order valence-electron chi connectivity index (χ4n) is 4.51. The van der Waals surface area contributed by atoms with E-state index in [1.165, 1.54) is 12.2 Å². The van der Waals surface area contributed by atoms with Crippen molar-refractivity contribution in [1.29, 1.82) is 0 Å². The molecule has 1 aromatic rings. The van der Waals surface area contributed by atoms with Crippen molar-refractivity contribution in [3.8, 4) is 0 Å². The first kappa shape index (κ1) is 34.1. The number of carbonyl (C=O) groups excluding carboxylic acids is 3. The number of nitrogens with zero attached hydrogens (tertiary/aromatic N) is 1. The van der Waals surface area contributed by atoms with Crippen molar-refractivity contribution in [3.63, 3.8) is 0 Å². The first-order valence-electron chi connectivity index (χ1n) is 14.1. The smallest absolute Gasteiger partial charge is 0.312 e. The third-order valence-corrected chi connectivity index (χ3v) is 6.90. The van der Waals surface area contributed by atoms with Gasteiger partial charge in [-0.1, -0.05) is 32.4 Å². The van der Waals surface area contributed by atoms with E-state index in [0.29, 0.717) is 37.1 Å². The van der Waals surface area contributed by atoms with E-state index in [0.717, 1.165) is 6.42 Å². The zero-order chi connectivity index (χ0) is 30.4. The molecule has 0 aliphatic carbocycles. The maximum atomic E-state index is 13.1. The molecular weight excluding hydrogens is 532 g/mol. The number of hydrogen-bond donors (Lipinski definition) is 9. The van der Waals surface area contributed by atoms with Crippen molar-refractivity contribution in [3.05, 3.63) is 42.0 Å². The molecule has 1 aromatic carbocycles. The van der Waals surface area contributed by atoms with Gasteiger partial charge in [-0.25, -0.2) is 9.69 Å². The van der Waals surface area contributed by atoms with Gasteiger partial charge in [-0.05, 0) is 61.4 Å². The zero-order valence-corrected chi connectivity index (χ0v) is 23.8. The number of primary amides is 1. The molecule has 230 valence electrons. The number of amides is 4. The lowest BCUT2D eigenvalue weighted by atomic mass is 10.0. The summed E-state index contributed by atoms with van der Waals surface area (Å²) < 4.78 is 0. The highest BCUT2D eigenvalue weighted by Crippen LogP contribution is 2.15. The summed E-state index contributed by atoms with van der Waals surface area (Å²) in [4.78, 5) is 38.3. The van der Waals surface area contributed by atoms with E-state index < -0.39 is 42.7 Å². The van der Waals surface area contributed by atoms with Gasteiger partial charge in [0.25, 0.3) is 0 Å². The Balaban J connectivity index is 1.90. The highest BCUT2D eigenvalue weighted by molar-refractivity contribution is 5.94. The molecule has 0 aromatic heterocycles. The van der Waals surface area contributed by atoms with Crippen molar-refractivity contribution >= 4 is 23.5 Å². The third kappa shape index (κ3) is 12.1. The molecule has 13 heteroatoms. The average Bonchev–Trinajstić information content (AvgIpc) is 3.25. The van der Waals surface area contributed by atoms with Crippen LogP contribution in [0.25, 0.3) is 0 Å². The number of aliphatic hydroxyl groups is 4. The summed E-state index contributed by atoms with van der Waals surface area (Å²) in [5.74, 6) is -0.793. The lowest BCUT2D eigenvalue weighted by Crippen LogP contribution is -2.57. The summed E-state index contributed by atoms with van der Waals surface area (Å²) in [5.41, 5.74) is 6.33. The largest absolute Gasteiger partial charge is 0.392 e. The van der Waals surface area contributed by atoms with E-state index in [2.05, 4.69) is 21.3 Å². The minimum atomic E-state index is -1.23. The molecule has 0 fully saturated rings. The molecule has 1 aliphatic heterocycles. The van der Waals surface area contributed by atoms with Crippen LogP contribution in [0.15, 0.2) is 36.4 Å². The van der Waals surface area contributed by atoms with E-state index in [-0.39, 0.29) is 37.8 Å². The molecule has 4 amide bonds. The Morgan fingerprint density at radius 2 is 1.66 bits per heavy atom. The molecule has 10 N–H and O–H groups in total. The Hall–Kier alpha value is -3.07. The van der Waals surface area contributed by atoms with E-state index in [1.807, 2.05) is 13.8 Å². The molecule has 1 heterocycles. The van der Waals surface area contributed by atoms with Crippen molar-refractivity contribution in [1.82, 2.24) is 20.9 Å². The molecule has 1 aliphatic rings. The van der Waals surface area contributed by atoms with Crippen LogP contribution < -0.4 is 27.0 Å². The number of hydrogen-bond acceptors (Lipinski definition) is 9. The van der Waals surface area contributed by atoms with Crippen LogP contribution in [0.2, 0.25) is 0 Å². The molecule has 5 atom stereocenters. The van der Waals surface area contributed by atoms with E-state index in [1.54, 1.807) is 29.2 Å². The van der Waals surface area contributed by atoms with E-state index in [4.69, 9.17) is 5.73 Å². The Labute approximate surface area is 241 Å². The van der Waals surface area contributed by atoms with Gasteiger partial charge in [0.1, 0.15) is 18.7 Å². The summed E-state index contributed by atoms with van der Waals surface area (Å²) >= 11 is 0. The van der Waals surface area contributed by atoms with Crippen molar-refractivity contribution in [2.45, 2.75) is 89.7 Å². The predicted octanol–water partition coefficient (Wildman–Crippen LogP) is 0.0523. The molecule has 13 nitrogen and oxygen atoms in total. The van der Waals surface area contributed by atoms with E-state index in [9.17, 15) is 34.8 Å². The zero-order valence-electron chi connectivity index (χ0n) is 23.8. The van der Waals surface area contributed by atoms with Crippen LogP contribution in [0, 0.1) is 5.92 Å². The van der Waals surface area contributed by atoms with Crippen LogP contribution in [0.3, 0.4) is 0 Å².